The molecule has 2 aromatic heterocycles. The number of pyridine rings is 1. The number of fused-ring (bicyclic) bond motifs is 1. The predicted octanol–water partition coefficient (Wildman–Crippen LogP) is 6.75. The molecule has 1 N–H and O–H groups in total. The van der Waals surface area contributed by atoms with Crippen molar-refractivity contribution in [3.05, 3.63) is 89.6 Å². The van der Waals surface area contributed by atoms with Gasteiger partial charge in [0.15, 0.2) is 11.4 Å². The number of carbonyl (C=O) groups excluding carboxylic acids is 1. The van der Waals surface area contributed by atoms with E-state index < -0.39 is 0 Å². The number of ketones is 1. The molecule has 32 heavy (non-hydrogen) atoms. The van der Waals surface area contributed by atoms with Crippen molar-refractivity contribution in [1.29, 1.82) is 0 Å². The van der Waals surface area contributed by atoms with E-state index in [-0.39, 0.29) is 37.5 Å². The van der Waals surface area contributed by atoms with Crippen molar-refractivity contribution in [2.45, 2.75) is 27.7 Å². The maximum absolute atomic E-state index is 13.1. The Morgan fingerprint density at radius 1 is 1.09 bits per heavy atom. The first kappa shape index (κ1) is 25.2. The zero-order chi connectivity index (χ0) is 22.5. The Morgan fingerprint density at radius 3 is 2.34 bits per heavy atom. The van der Waals surface area contributed by atoms with Crippen LogP contribution in [0.5, 0.6) is 0 Å². The molecule has 1 radical (unpaired) electrons. The van der Waals surface area contributed by atoms with Gasteiger partial charge in [-0.1, -0.05) is 19.9 Å². The second kappa shape index (κ2) is 11.0. The Labute approximate surface area is 200 Å². The minimum atomic E-state index is -0.260. The third-order valence-electron chi connectivity index (χ3n) is 4.37. The number of aliphatic hydroxyl groups is 1. The third-order valence-corrected chi connectivity index (χ3v) is 4.37. The number of nitrogens with zero attached hydrogens (tertiary/aromatic N) is 1. The number of hydrogen-bond acceptors (Lipinski definition) is 4. The average Bonchev–Trinajstić information content (AvgIpc) is 3.10. The predicted molar refractivity (Wildman–Crippen MR) is 120 cm³/mol. The van der Waals surface area contributed by atoms with Crippen LogP contribution in [0.3, 0.4) is 0 Å². The number of hydrogen-bond donors (Lipinski definition) is 1. The minimum absolute atomic E-state index is 0. The van der Waals surface area contributed by atoms with Gasteiger partial charge in [-0.05, 0) is 49.9 Å². The number of aromatic nitrogens is 1. The number of halogens is 1. The van der Waals surface area contributed by atoms with E-state index in [1.165, 1.54) is 37.6 Å². The van der Waals surface area contributed by atoms with E-state index in [2.05, 4.69) is 30.1 Å². The molecule has 0 unspecified atom stereocenters. The average molecular weight is 609 g/mol. The molecule has 0 amide bonds. The van der Waals surface area contributed by atoms with E-state index in [0.29, 0.717) is 11.3 Å². The van der Waals surface area contributed by atoms with Crippen LogP contribution in [0, 0.1) is 25.7 Å². The summed E-state index contributed by atoms with van der Waals surface area (Å²) < 4.78 is 18.9. The molecule has 167 valence electrons. The van der Waals surface area contributed by atoms with E-state index >= 15 is 0 Å². The Balaban J connectivity index is 0.000000398. The van der Waals surface area contributed by atoms with Crippen molar-refractivity contribution in [3.63, 3.8) is 0 Å². The van der Waals surface area contributed by atoms with Crippen LogP contribution in [-0.4, -0.2) is 15.9 Å². The first-order valence-corrected chi connectivity index (χ1v) is 9.75. The van der Waals surface area contributed by atoms with Gasteiger partial charge in [0.1, 0.15) is 11.6 Å². The SMILES string of the molecule is CC(=O)/C=C(/C)O.Cc1[c-]c(-c2cc3cc(-c4ccc(F)cc4)oc3cn2)cc(C)c1.[Ir]. The number of aryl methyl sites for hydroxylation is 2. The van der Waals surface area contributed by atoms with Crippen LogP contribution < -0.4 is 0 Å². The maximum atomic E-state index is 13.1. The van der Waals surface area contributed by atoms with Gasteiger partial charge in [0.2, 0.25) is 0 Å². The molecule has 0 aliphatic rings. The molecular formula is C26H23FIrNO3-. The molecule has 4 aromatic rings. The summed E-state index contributed by atoms with van der Waals surface area (Å²) in [4.78, 5) is 14.5. The van der Waals surface area contributed by atoms with Crippen molar-refractivity contribution >= 4 is 16.8 Å². The Kier molecular flexibility index (Phi) is 8.64. The van der Waals surface area contributed by atoms with E-state index in [1.807, 2.05) is 19.1 Å². The van der Waals surface area contributed by atoms with Gasteiger partial charge in [0.25, 0.3) is 0 Å². The molecule has 0 aliphatic carbocycles. The van der Waals surface area contributed by atoms with E-state index in [0.717, 1.165) is 27.8 Å². The van der Waals surface area contributed by atoms with E-state index in [9.17, 15) is 9.18 Å². The van der Waals surface area contributed by atoms with Gasteiger partial charge in [-0.25, -0.2) is 4.39 Å². The molecule has 2 heterocycles. The van der Waals surface area contributed by atoms with Crippen molar-refractivity contribution < 1.29 is 38.8 Å². The van der Waals surface area contributed by atoms with Crippen LogP contribution in [0.25, 0.3) is 33.6 Å². The summed E-state index contributed by atoms with van der Waals surface area (Å²) in [6.45, 7) is 6.94. The standard InChI is InChI=1S/C21H15FNO.C5H8O2.Ir/c1-13-7-14(2)9-16(8-13)19-10-17-11-20(24-21(17)12-23-19)15-3-5-18(22)6-4-15;1-4(6)3-5(2)7;/h3-8,10-12H,1-2H3;3,6H,1-2H3;/q-1;;/b;4-3-;. The van der Waals surface area contributed by atoms with Crippen molar-refractivity contribution in [2.75, 3.05) is 0 Å². The first-order valence-electron chi connectivity index (χ1n) is 9.75. The fraction of sp³-hybridized carbons (Fsp3) is 0.154. The summed E-state index contributed by atoms with van der Waals surface area (Å²) in [5.41, 5.74) is 5.66. The minimum Gasteiger partial charge on any atom is -0.512 e. The fourth-order valence-corrected chi connectivity index (χ4v) is 3.18. The van der Waals surface area contributed by atoms with Crippen LogP contribution in [0.2, 0.25) is 0 Å². The van der Waals surface area contributed by atoms with E-state index in [1.54, 1.807) is 18.3 Å². The zero-order valence-electron chi connectivity index (χ0n) is 18.2. The molecule has 4 nitrogen and oxygen atoms in total. The summed E-state index contributed by atoms with van der Waals surface area (Å²) in [7, 11) is 0. The van der Waals surface area contributed by atoms with Crippen LogP contribution in [-0.2, 0) is 24.9 Å². The normalized spacial score (nSPS) is 10.8. The summed E-state index contributed by atoms with van der Waals surface area (Å²) >= 11 is 0. The molecule has 0 spiro atoms. The first-order chi connectivity index (χ1) is 14.7. The van der Waals surface area contributed by atoms with Gasteiger partial charge >= 0.3 is 0 Å². The topological polar surface area (TPSA) is 63.3 Å². The number of benzene rings is 2. The quantitative estimate of drug-likeness (QED) is 0.159. The Morgan fingerprint density at radius 2 is 1.78 bits per heavy atom. The summed E-state index contributed by atoms with van der Waals surface area (Å²) in [6, 6.07) is 17.7. The largest absolute Gasteiger partial charge is 0.512 e. The van der Waals surface area contributed by atoms with Gasteiger partial charge in [-0.3, -0.25) is 4.79 Å². The molecule has 0 bridgehead atoms. The molecule has 0 fully saturated rings. The zero-order valence-corrected chi connectivity index (χ0v) is 20.6. The number of rotatable bonds is 3. The number of allylic oxidation sites excluding steroid dienone is 2. The molecule has 4 rings (SSSR count). The van der Waals surface area contributed by atoms with E-state index in [4.69, 9.17) is 9.52 Å². The summed E-state index contributed by atoms with van der Waals surface area (Å²) in [5.74, 6) is 0.380. The summed E-state index contributed by atoms with van der Waals surface area (Å²) in [6.07, 6.45) is 2.89. The van der Waals surface area contributed by atoms with Gasteiger partial charge < -0.3 is 14.5 Å². The number of carbonyl (C=O) groups is 1. The van der Waals surface area contributed by atoms with Crippen LogP contribution in [0.15, 0.2) is 71.0 Å². The fourth-order valence-electron chi connectivity index (χ4n) is 3.18. The van der Waals surface area contributed by atoms with Crippen molar-refractivity contribution in [1.82, 2.24) is 4.98 Å². The Bertz CT molecular complexity index is 1240. The molecule has 0 saturated carbocycles. The maximum Gasteiger partial charge on any atom is 0.155 e. The second-order valence-electron chi connectivity index (χ2n) is 7.38. The van der Waals surface area contributed by atoms with Crippen LogP contribution in [0.1, 0.15) is 25.0 Å². The van der Waals surface area contributed by atoms with Crippen molar-refractivity contribution in [3.8, 4) is 22.6 Å². The third kappa shape index (κ3) is 6.71. The smallest absolute Gasteiger partial charge is 0.155 e. The van der Waals surface area contributed by atoms with Gasteiger partial charge in [0, 0.05) is 37.1 Å². The second-order valence-corrected chi connectivity index (χ2v) is 7.38. The Hall–Kier alpha value is -3.08. The van der Waals surface area contributed by atoms with Crippen molar-refractivity contribution in [2.24, 2.45) is 0 Å². The van der Waals surface area contributed by atoms with Gasteiger partial charge in [-0.2, -0.15) is 0 Å². The molecule has 0 atom stereocenters. The van der Waals surface area contributed by atoms with Crippen LogP contribution in [0.4, 0.5) is 4.39 Å². The monoisotopic (exact) mass is 609 g/mol. The van der Waals surface area contributed by atoms with Gasteiger partial charge in [0.05, 0.1) is 12.0 Å². The van der Waals surface area contributed by atoms with Crippen LogP contribution >= 0.6 is 0 Å². The molecule has 0 saturated heterocycles. The molecule has 6 heteroatoms. The molecule has 2 aromatic carbocycles. The molecule has 0 aliphatic heterocycles. The molecular weight excluding hydrogens is 586 g/mol. The summed E-state index contributed by atoms with van der Waals surface area (Å²) in [5, 5.41) is 9.33. The number of aliphatic hydroxyl groups excluding tert-OH is 1. The van der Waals surface area contributed by atoms with Gasteiger partial charge in [-0.15, -0.1) is 34.9 Å². The number of furan rings is 1.